The van der Waals surface area contributed by atoms with Gasteiger partial charge in [-0.1, -0.05) is 64.5 Å². The topological polar surface area (TPSA) is 26.3 Å². The molecular formula is C23H33FO2. The second-order valence-corrected chi connectivity index (χ2v) is 8.51. The largest absolute Gasteiger partial charge is 0.423 e. The van der Waals surface area contributed by atoms with E-state index in [2.05, 4.69) is 13.8 Å². The van der Waals surface area contributed by atoms with Crippen LogP contribution in [0, 0.1) is 23.6 Å². The fourth-order valence-corrected chi connectivity index (χ4v) is 4.47. The summed E-state index contributed by atoms with van der Waals surface area (Å²) in [6.07, 6.45) is 11.7. The molecule has 0 saturated heterocycles. The minimum absolute atomic E-state index is 0.104. The van der Waals surface area contributed by atoms with Crippen LogP contribution in [0.4, 0.5) is 4.39 Å². The number of esters is 1. The van der Waals surface area contributed by atoms with Crippen LogP contribution in [0.1, 0.15) is 82.8 Å². The van der Waals surface area contributed by atoms with E-state index in [4.69, 9.17) is 4.74 Å². The van der Waals surface area contributed by atoms with Crippen molar-refractivity contribution in [1.29, 1.82) is 0 Å². The number of aryl methyl sites for hydroxylation is 1. The Balaban J connectivity index is 1.59. The number of ether oxygens (including phenoxy) is 1. The highest BCUT2D eigenvalue weighted by Crippen LogP contribution is 2.37. The predicted octanol–water partition coefficient (Wildman–Crippen LogP) is 6.24. The lowest BCUT2D eigenvalue weighted by Gasteiger charge is -2.29. The maximum Gasteiger partial charge on any atom is 0.314 e. The van der Waals surface area contributed by atoms with Crippen molar-refractivity contribution in [3.05, 3.63) is 29.1 Å². The highest BCUT2D eigenvalue weighted by molar-refractivity contribution is 5.78. The van der Waals surface area contributed by atoms with Crippen LogP contribution >= 0.6 is 0 Å². The molecule has 1 aliphatic carbocycles. The van der Waals surface area contributed by atoms with Gasteiger partial charge in [-0.25, -0.2) is 4.39 Å². The first-order valence-corrected chi connectivity index (χ1v) is 10.6. The van der Waals surface area contributed by atoms with E-state index < -0.39 is 0 Å². The Labute approximate surface area is 157 Å². The number of unbranched alkanes of at least 4 members (excludes halogenated alkanes) is 2. The highest BCUT2D eigenvalue weighted by Gasteiger charge is 2.32. The van der Waals surface area contributed by atoms with Crippen molar-refractivity contribution in [1.82, 2.24) is 0 Å². The van der Waals surface area contributed by atoms with Crippen LogP contribution in [0.15, 0.2) is 12.1 Å². The van der Waals surface area contributed by atoms with Gasteiger partial charge >= 0.3 is 5.97 Å². The summed E-state index contributed by atoms with van der Waals surface area (Å²) in [5.41, 5.74) is 1.54. The molecule has 3 rings (SSSR count). The van der Waals surface area contributed by atoms with Crippen molar-refractivity contribution in [2.75, 3.05) is 0 Å². The first-order valence-electron chi connectivity index (χ1n) is 10.6. The van der Waals surface area contributed by atoms with Crippen molar-refractivity contribution >= 4 is 5.97 Å². The molecule has 2 aliphatic rings. The van der Waals surface area contributed by atoms with Gasteiger partial charge < -0.3 is 4.74 Å². The van der Waals surface area contributed by atoms with Crippen molar-refractivity contribution in [2.24, 2.45) is 17.8 Å². The molecule has 0 aromatic heterocycles. The zero-order chi connectivity index (χ0) is 18.5. The number of rotatable bonds is 7. The van der Waals surface area contributed by atoms with Gasteiger partial charge in [0.15, 0.2) is 11.6 Å². The van der Waals surface area contributed by atoms with Crippen LogP contribution in [0.25, 0.3) is 0 Å². The standard InChI is InChI=1S/C23H33FO2/c1-3-4-5-6-18-13-14-19-15-20(23(25)26-22(19)21(18)24)12-11-17-9-7-16(2)8-10-17/h13-14,16-17,20H,3-12,15H2,1-2H3. The van der Waals surface area contributed by atoms with Crippen LogP contribution in [0.2, 0.25) is 0 Å². The van der Waals surface area contributed by atoms with Crippen LogP contribution in [0.5, 0.6) is 5.75 Å². The first kappa shape index (κ1) is 19.4. The van der Waals surface area contributed by atoms with Crippen LogP contribution in [0.3, 0.4) is 0 Å². The molecule has 1 heterocycles. The molecule has 144 valence electrons. The van der Waals surface area contributed by atoms with Crippen molar-refractivity contribution in [2.45, 2.75) is 84.5 Å². The molecule has 1 aliphatic heterocycles. The number of carbonyl (C=O) groups excluding carboxylic acids is 1. The van der Waals surface area contributed by atoms with E-state index in [0.717, 1.165) is 49.5 Å². The maximum atomic E-state index is 14.7. The number of hydrogen-bond donors (Lipinski definition) is 0. The summed E-state index contributed by atoms with van der Waals surface area (Å²) in [5, 5.41) is 0. The van der Waals surface area contributed by atoms with E-state index in [1.54, 1.807) is 0 Å². The molecule has 1 fully saturated rings. The highest BCUT2D eigenvalue weighted by atomic mass is 19.1. The second-order valence-electron chi connectivity index (χ2n) is 8.51. The Kier molecular flexibility index (Phi) is 6.72. The lowest BCUT2D eigenvalue weighted by atomic mass is 9.79. The lowest BCUT2D eigenvalue weighted by molar-refractivity contribution is -0.140. The normalized spacial score (nSPS) is 25.7. The van der Waals surface area contributed by atoms with Crippen LogP contribution < -0.4 is 4.74 Å². The number of carbonyl (C=O) groups is 1. The Morgan fingerprint density at radius 1 is 1.12 bits per heavy atom. The molecule has 1 unspecified atom stereocenters. The zero-order valence-corrected chi connectivity index (χ0v) is 16.4. The molecule has 2 nitrogen and oxygen atoms in total. The molecule has 0 amide bonds. The third kappa shape index (κ3) is 4.66. The fraction of sp³-hybridized carbons (Fsp3) is 0.696. The van der Waals surface area contributed by atoms with E-state index in [0.29, 0.717) is 18.4 Å². The molecule has 3 heteroatoms. The fourth-order valence-electron chi connectivity index (χ4n) is 4.47. The predicted molar refractivity (Wildman–Crippen MR) is 103 cm³/mol. The van der Waals surface area contributed by atoms with Crippen molar-refractivity contribution < 1.29 is 13.9 Å². The van der Waals surface area contributed by atoms with Gasteiger partial charge in [-0.15, -0.1) is 0 Å². The third-order valence-corrected chi connectivity index (χ3v) is 6.37. The smallest absolute Gasteiger partial charge is 0.314 e. The minimum atomic E-state index is -0.313. The molecule has 1 atom stereocenters. The summed E-state index contributed by atoms with van der Waals surface area (Å²) in [6, 6.07) is 3.87. The van der Waals surface area contributed by atoms with Crippen LogP contribution in [-0.2, 0) is 17.6 Å². The third-order valence-electron chi connectivity index (χ3n) is 6.37. The molecular weight excluding hydrogens is 327 g/mol. The molecule has 1 saturated carbocycles. The summed E-state index contributed by atoms with van der Waals surface area (Å²) in [4.78, 5) is 12.4. The van der Waals surface area contributed by atoms with Gasteiger partial charge in [0.2, 0.25) is 0 Å². The minimum Gasteiger partial charge on any atom is -0.423 e. The first-order chi connectivity index (χ1) is 12.6. The summed E-state index contributed by atoms with van der Waals surface area (Å²) in [7, 11) is 0. The van der Waals surface area contributed by atoms with Gasteiger partial charge in [-0.2, -0.15) is 0 Å². The quantitative estimate of drug-likeness (QED) is 0.327. The average Bonchev–Trinajstić information content (AvgIpc) is 2.64. The number of halogens is 1. The molecule has 0 radical (unpaired) electrons. The molecule has 26 heavy (non-hydrogen) atoms. The van der Waals surface area contributed by atoms with E-state index >= 15 is 0 Å². The van der Waals surface area contributed by atoms with Crippen LogP contribution in [-0.4, -0.2) is 5.97 Å². The lowest BCUT2D eigenvalue weighted by Crippen LogP contribution is -2.29. The maximum absolute atomic E-state index is 14.7. The monoisotopic (exact) mass is 360 g/mol. The van der Waals surface area contributed by atoms with Gasteiger partial charge in [-0.3, -0.25) is 4.79 Å². The number of benzene rings is 1. The number of hydrogen-bond acceptors (Lipinski definition) is 2. The zero-order valence-electron chi connectivity index (χ0n) is 16.4. The second kappa shape index (κ2) is 9.01. The van der Waals surface area contributed by atoms with E-state index in [-0.39, 0.29) is 23.5 Å². The van der Waals surface area contributed by atoms with E-state index in [1.165, 1.54) is 25.7 Å². The molecule has 0 bridgehead atoms. The van der Waals surface area contributed by atoms with Gasteiger partial charge in [0.05, 0.1) is 5.92 Å². The Morgan fingerprint density at radius 3 is 2.62 bits per heavy atom. The average molecular weight is 361 g/mol. The summed E-state index contributed by atoms with van der Waals surface area (Å²) in [5.74, 6) is 1.15. The molecule has 0 N–H and O–H groups in total. The number of fused-ring (bicyclic) bond motifs is 1. The SMILES string of the molecule is CCCCCc1ccc2c(c1F)OC(=O)C(CCC1CCC(C)CC1)C2. The van der Waals surface area contributed by atoms with E-state index in [9.17, 15) is 9.18 Å². The Hall–Kier alpha value is -1.38. The van der Waals surface area contributed by atoms with Gasteiger partial charge in [0.25, 0.3) is 0 Å². The molecule has 1 aromatic carbocycles. The molecule has 1 aromatic rings. The summed E-state index contributed by atoms with van der Waals surface area (Å²) in [6.45, 7) is 4.47. The summed E-state index contributed by atoms with van der Waals surface area (Å²) < 4.78 is 20.2. The van der Waals surface area contributed by atoms with Gasteiger partial charge in [0, 0.05) is 0 Å². The van der Waals surface area contributed by atoms with Crippen molar-refractivity contribution in [3.8, 4) is 5.75 Å². The van der Waals surface area contributed by atoms with E-state index in [1.807, 2.05) is 12.1 Å². The van der Waals surface area contributed by atoms with Gasteiger partial charge in [-0.05, 0) is 55.1 Å². The van der Waals surface area contributed by atoms with Crippen molar-refractivity contribution in [3.63, 3.8) is 0 Å². The molecule has 0 spiro atoms. The summed E-state index contributed by atoms with van der Waals surface area (Å²) >= 11 is 0. The van der Waals surface area contributed by atoms with Gasteiger partial charge in [0.1, 0.15) is 0 Å². The Morgan fingerprint density at radius 2 is 1.88 bits per heavy atom. The Bertz CT molecular complexity index is 617.